The van der Waals surface area contributed by atoms with Gasteiger partial charge in [-0.25, -0.2) is 0 Å². The van der Waals surface area contributed by atoms with Crippen LogP contribution >= 0.6 is 0 Å². The summed E-state index contributed by atoms with van der Waals surface area (Å²) < 4.78 is 8.98. The Labute approximate surface area is 195 Å². The van der Waals surface area contributed by atoms with E-state index in [4.69, 9.17) is 4.42 Å². The van der Waals surface area contributed by atoms with Gasteiger partial charge in [0.15, 0.2) is 0 Å². The number of aromatic nitrogens is 1. The highest BCUT2D eigenvalue weighted by Gasteiger charge is 2.17. The van der Waals surface area contributed by atoms with Gasteiger partial charge in [-0.2, -0.15) is 0 Å². The standard InChI is InChI=1S/C32H19NO/c1-3-15-26-21(10-1)22-11-2-4-16-27(22)33(26)28-18-19-30-32-24(13-7-14-25(28)32)23-12-5-8-20-9-6-17-29(34-30)31(20)23/h1-19H. The molecule has 2 heterocycles. The van der Waals surface area contributed by atoms with Crippen molar-refractivity contribution < 1.29 is 4.42 Å². The lowest BCUT2D eigenvalue weighted by molar-refractivity contribution is 0.664. The lowest BCUT2D eigenvalue weighted by Gasteiger charge is -2.12. The summed E-state index contributed by atoms with van der Waals surface area (Å²) in [5, 5.41) is 9.68. The second kappa shape index (κ2) is 6.49. The number of nitrogens with zero attached hydrogens (tertiary/aromatic N) is 1. The van der Waals surface area contributed by atoms with Crippen LogP contribution in [-0.4, -0.2) is 4.57 Å². The number of para-hydroxylation sites is 2. The van der Waals surface area contributed by atoms with E-state index >= 15 is 0 Å². The monoisotopic (exact) mass is 433 g/mol. The van der Waals surface area contributed by atoms with E-state index in [9.17, 15) is 0 Å². The Hall–Kier alpha value is -4.56. The molecule has 2 aromatic heterocycles. The first-order valence-electron chi connectivity index (χ1n) is 11.6. The molecule has 0 aliphatic heterocycles. The number of hydrogen-bond acceptors (Lipinski definition) is 1. The minimum absolute atomic E-state index is 0.902. The van der Waals surface area contributed by atoms with Crippen molar-refractivity contribution in [2.45, 2.75) is 0 Å². The number of benzene rings is 6. The maximum absolute atomic E-state index is 6.58. The zero-order chi connectivity index (χ0) is 22.2. The highest BCUT2D eigenvalue weighted by Crippen LogP contribution is 2.40. The van der Waals surface area contributed by atoms with Crippen LogP contribution in [0, 0.1) is 0 Å². The van der Waals surface area contributed by atoms with Gasteiger partial charge in [0.1, 0.15) is 11.2 Å². The van der Waals surface area contributed by atoms with Crippen LogP contribution in [0.4, 0.5) is 0 Å². The van der Waals surface area contributed by atoms with Crippen LogP contribution in [0.15, 0.2) is 120 Å². The fourth-order valence-electron chi connectivity index (χ4n) is 5.78. The van der Waals surface area contributed by atoms with Crippen LogP contribution in [0.1, 0.15) is 0 Å². The summed E-state index contributed by atoms with van der Waals surface area (Å²) in [4.78, 5) is 0. The molecule has 2 heteroatoms. The van der Waals surface area contributed by atoms with Gasteiger partial charge in [-0.3, -0.25) is 0 Å². The molecule has 0 amide bonds. The molecule has 0 bridgehead atoms. The third-order valence-electron chi connectivity index (χ3n) is 7.18. The van der Waals surface area contributed by atoms with Gasteiger partial charge in [-0.1, -0.05) is 84.9 Å². The predicted octanol–water partition coefficient (Wildman–Crippen LogP) is 8.99. The second-order valence-corrected chi connectivity index (χ2v) is 8.94. The summed E-state index contributed by atoms with van der Waals surface area (Å²) in [7, 11) is 0. The van der Waals surface area contributed by atoms with Crippen LogP contribution in [0.3, 0.4) is 0 Å². The molecular weight excluding hydrogens is 414 g/mol. The number of hydrogen-bond donors (Lipinski definition) is 0. The Bertz CT molecular complexity index is 2010. The maximum Gasteiger partial charge on any atom is 0.136 e. The predicted molar refractivity (Wildman–Crippen MR) is 143 cm³/mol. The third-order valence-corrected chi connectivity index (χ3v) is 7.18. The molecule has 158 valence electrons. The highest BCUT2D eigenvalue weighted by atomic mass is 16.3. The molecule has 0 spiro atoms. The van der Waals surface area contributed by atoms with E-state index < -0.39 is 0 Å². The molecule has 0 saturated heterocycles. The van der Waals surface area contributed by atoms with Crippen molar-refractivity contribution in [1.82, 2.24) is 4.57 Å². The second-order valence-electron chi connectivity index (χ2n) is 8.94. The molecule has 0 radical (unpaired) electrons. The molecule has 34 heavy (non-hydrogen) atoms. The van der Waals surface area contributed by atoms with Crippen LogP contribution in [0.2, 0.25) is 0 Å². The Balaban J connectivity index is 1.62. The Kier molecular flexibility index (Phi) is 3.42. The van der Waals surface area contributed by atoms with Crippen molar-refractivity contribution in [3.05, 3.63) is 115 Å². The smallest absolute Gasteiger partial charge is 0.136 e. The number of fused-ring (bicyclic) bond motifs is 4. The van der Waals surface area contributed by atoms with Crippen molar-refractivity contribution in [1.29, 1.82) is 0 Å². The zero-order valence-corrected chi connectivity index (χ0v) is 18.3. The zero-order valence-electron chi connectivity index (χ0n) is 18.3. The van der Waals surface area contributed by atoms with E-state index in [1.54, 1.807) is 0 Å². The minimum atomic E-state index is 0.902. The van der Waals surface area contributed by atoms with E-state index in [2.05, 4.69) is 120 Å². The van der Waals surface area contributed by atoms with Crippen molar-refractivity contribution in [2.75, 3.05) is 0 Å². The first kappa shape index (κ1) is 17.9. The van der Waals surface area contributed by atoms with Crippen molar-refractivity contribution in [3.8, 4) is 5.69 Å². The molecular formula is C32H19NO. The fourth-order valence-corrected chi connectivity index (χ4v) is 5.78. The number of rotatable bonds is 1. The first-order chi connectivity index (χ1) is 16.9. The Morgan fingerprint density at radius 2 is 0.971 bits per heavy atom. The molecule has 0 N–H and O–H groups in total. The van der Waals surface area contributed by atoms with Crippen molar-refractivity contribution >= 4 is 65.3 Å². The summed E-state index contributed by atoms with van der Waals surface area (Å²) >= 11 is 0. The molecule has 0 unspecified atom stereocenters. The summed E-state index contributed by atoms with van der Waals surface area (Å²) in [6.07, 6.45) is 0. The maximum atomic E-state index is 6.58. The highest BCUT2D eigenvalue weighted by molar-refractivity contribution is 6.24. The van der Waals surface area contributed by atoms with Gasteiger partial charge < -0.3 is 8.98 Å². The summed E-state index contributed by atoms with van der Waals surface area (Å²) in [5.41, 5.74) is 5.41. The molecule has 8 rings (SSSR count). The van der Waals surface area contributed by atoms with E-state index in [1.807, 2.05) is 0 Å². The Morgan fingerprint density at radius 3 is 1.74 bits per heavy atom. The molecule has 2 nitrogen and oxygen atoms in total. The average molecular weight is 434 g/mol. The summed E-state index contributed by atoms with van der Waals surface area (Å²) in [5.74, 6) is 0. The molecule has 0 atom stereocenters. The van der Waals surface area contributed by atoms with Gasteiger partial charge in [-0.15, -0.1) is 0 Å². The summed E-state index contributed by atoms with van der Waals surface area (Å²) in [6.45, 7) is 0. The van der Waals surface area contributed by atoms with Gasteiger partial charge in [0.25, 0.3) is 0 Å². The van der Waals surface area contributed by atoms with E-state index in [-0.39, 0.29) is 0 Å². The van der Waals surface area contributed by atoms with E-state index in [1.165, 1.54) is 54.4 Å². The van der Waals surface area contributed by atoms with Crippen LogP contribution in [0.5, 0.6) is 0 Å². The lowest BCUT2D eigenvalue weighted by Crippen LogP contribution is -1.95. The Morgan fingerprint density at radius 1 is 0.412 bits per heavy atom. The van der Waals surface area contributed by atoms with Gasteiger partial charge in [0.2, 0.25) is 0 Å². The molecule has 0 aliphatic carbocycles. The molecule has 8 aromatic rings. The fraction of sp³-hybridized carbons (Fsp3) is 0. The average Bonchev–Trinajstić information content (AvgIpc) is 3.15. The first-order valence-corrected chi connectivity index (χ1v) is 11.6. The molecule has 0 fully saturated rings. The molecule has 6 aromatic carbocycles. The van der Waals surface area contributed by atoms with E-state index in [0.29, 0.717) is 0 Å². The van der Waals surface area contributed by atoms with Crippen LogP contribution in [0.25, 0.3) is 71.0 Å². The SMILES string of the molecule is c1cc2cccc3c4cccc5c(-n6c7ccccc7c7ccccc76)ccc(oc(c1)c23)c54. The van der Waals surface area contributed by atoms with Gasteiger partial charge >= 0.3 is 0 Å². The topological polar surface area (TPSA) is 18.1 Å². The van der Waals surface area contributed by atoms with Crippen molar-refractivity contribution in [3.63, 3.8) is 0 Å². The molecule has 0 aliphatic rings. The van der Waals surface area contributed by atoms with Crippen LogP contribution in [-0.2, 0) is 0 Å². The lowest BCUT2D eigenvalue weighted by atomic mass is 9.99. The van der Waals surface area contributed by atoms with Gasteiger partial charge in [0.05, 0.1) is 16.7 Å². The van der Waals surface area contributed by atoms with E-state index in [0.717, 1.165) is 16.6 Å². The normalized spacial score (nSPS) is 12.1. The quantitative estimate of drug-likeness (QED) is 0.253. The van der Waals surface area contributed by atoms with Gasteiger partial charge in [-0.05, 0) is 46.5 Å². The van der Waals surface area contributed by atoms with Crippen LogP contribution < -0.4 is 0 Å². The van der Waals surface area contributed by atoms with Crippen molar-refractivity contribution in [2.24, 2.45) is 0 Å². The van der Waals surface area contributed by atoms with Gasteiger partial charge in [0, 0.05) is 26.9 Å². The molecule has 0 saturated carbocycles. The minimum Gasteiger partial charge on any atom is -0.456 e. The largest absolute Gasteiger partial charge is 0.456 e. The third kappa shape index (κ3) is 2.24. The summed E-state index contributed by atoms with van der Waals surface area (Å²) in [6, 6.07) is 41.1.